The molecule has 25 heavy (non-hydrogen) atoms. The van der Waals surface area contributed by atoms with E-state index in [9.17, 15) is 5.11 Å². The van der Waals surface area contributed by atoms with Gasteiger partial charge in [-0.2, -0.15) is 0 Å². The first-order valence-electron chi connectivity index (χ1n) is 9.11. The highest BCUT2D eigenvalue weighted by Gasteiger charge is 2.04. The van der Waals surface area contributed by atoms with Gasteiger partial charge in [0.1, 0.15) is 0 Å². The summed E-state index contributed by atoms with van der Waals surface area (Å²) in [6.07, 6.45) is 11.1. The van der Waals surface area contributed by atoms with Crippen molar-refractivity contribution < 1.29 is 5.11 Å². The third-order valence-electron chi connectivity index (χ3n) is 4.14. The molecular formula is C22H32BrNO. The average molecular weight is 406 g/mol. The van der Waals surface area contributed by atoms with E-state index in [0.29, 0.717) is 0 Å². The number of aliphatic hydroxyl groups is 1. The highest BCUT2D eigenvalue weighted by molar-refractivity contribution is 9.10. The Balaban J connectivity index is 2.28. The highest BCUT2D eigenvalue weighted by Crippen LogP contribution is 2.20. The molecule has 0 aliphatic carbocycles. The van der Waals surface area contributed by atoms with Crippen molar-refractivity contribution >= 4 is 15.9 Å². The molecule has 0 aliphatic heterocycles. The standard InChI is InChI=1S/C22H32BrNO/c1-4-5-15-24-16-7-10-18(2)8-6-9-19(3)17-22(25)20-11-13-21(23)14-12-20/h4,8,11-14,17,22,24-25H,1,5-7,9-10,15-16H2,2-3H3. The molecule has 1 aromatic carbocycles. The Bertz CT molecular complexity index is 560. The zero-order chi connectivity index (χ0) is 18.5. The van der Waals surface area contributed by atoms with Gasteiger partial charge in [0.2, 0.25) is 0 Å². The van der Waals surface area contributed by atoms with Gasteiger partial charge in [0.05, 0.1) is 6.10 Å². The van der Waals surface area contributed by atoms with Gasteiger partial charge in [-0.25, -0.2) is 0 Å². The van der Waals surface area contributed by atoms with E-state index < -0.39 is 6.10 Å². The molecular weight excluding hydrogens is 374 g/mol. The van der Waals surface area contributed by atoms with E-state index in [1.54, 1.807) is 0 Å². The van der Waals surface area contributed by atoms with E-state index in [4.69, 9.17) is 0 Å². The smallest absolute Gasteiger partial charge is 0.0974 e. The minimum atomic E-state index is -0.528. The molecule has 1 aromatic rings. The molecule has 2 N–H and O–H groups in total. The number of hydrogen-bond acceptors (Lipinski definition) is 2. The van der Waals surface area contributed by atoms with Crippen LogP contribution >= 0.6 is 15.9 Å². The lowest BCUT2D eigenvalue weighted by Crippen LogP contribution is -2.15. The second-order valence-corrected chi connectivity index (χ2v) is 7.45. The van der Waals surface area contributed by atoms with Gasteiger partial charge < -0.3 is 10.4 Å². The quantitative estimate of drug-likeness (QED) is 0.325. The van der Waals surface area contributed by atoms with Gasteiger partial charge >= 0.3 is 0 Å². The maximum absolute atomic E-state index is 10.3. The Kier molecular flexibility index (Phi) is 11.5. The molecule has 1 unspecified atom stereocenters. The monoisotopic (exact) mass is 405 g/mol. The first-order valence-corrected chi connectivity index (χ1v) is 9.90. The van der Waals surface area contributed by atoms with Crippen LogP contribution in [0.5, 0.6) is 0 Å². The summed E-state index contributed by atoms with van der Waals surface area (Å²) in [4.78, 5) is 0. The number of allylic oxidation sites excluding steroid dienone is 3. The van der Waals surface area contributed by atoms with Crippen molar-refractivity contribution in [2.45, 2.75) is 52.1 Å². The summed E-state index contributed by atoms with van der Waals surface area (Å²) in [5, 5.41) is 13.7. The molecule has 0 radical (unpaired) electrons. The Morgan fingerprint density at radius 1 is 1.12 bits per heavy atom. The lowest BCUT2D eigenvalue weighted by Gasteiger charge is -2.08. The van der Waals surface area contributed by atoms with Crippen LogP contribution in [0.1, 0.15) is 57.6 Å². The Labute approximate surface area is 161 Å². The topological polar surface area (TPSA) is 32.3 Å². The van der Waals surface area contributed by atoms with Crippen molar-refractivity contribution in [2.75, 3.05) is 13.1 Å². The summed E-state index contributed by atoms with van der Waals surface area (Å²) in [6, 6.07) is 7.82. The van der Waals surface area contributed by atoms with Gasteiger partial charge in [-0.1, -0.05) is 57.4 Å². The van der Waals surface area contributed by atoms with Crippen molar-refractivity contribution in [2.24, 2.45) is 0 Å². The van der Waals surface area contributed by atoms with Gasteiger partial charge in [0.25, 0.3) is 0 Å². The lowest BCUT2D eigenvalue weighted by atomic mass is 10.0. The van der Waals surface area contributed by atoms with Gasteiger partial charge in [-0.3, -0.25) is 0 Å². The number of rotatable bonds is 12. The van der Waals surface area contributed by atoms with Crippen LogP contribution in [-0.2, 0) is 0 Å². The summed E-state index contributed by atoms with van der Waals surface area (Å²) in [5.74, 6) is 0. The van der Waals surface area contributed by atoms with Gasteiger partial charge in [-0.05, 0) is 76.7 Å². The van der Waals surface area contributed by atoms with E-state index in [2.05, 4.69) is 47.7 Å². The van der Waals surface area contributed by atoms with Crippen molar-refractivity contribution in [1.29, 1.82) is 0 Å². The minimum absolute atomic E-state index is 0.528. The Hall–Kier alpha value is -1.16. The molecule has 138 valence electrons. The summed E-state index contributed by atoms with van der Waals surface area (Å²) < 4.78 is 1.03. The molecule has 0 amide bonds. The number of benzene rings is 1. The summed E-state index contributed by atoms with van der Waals surface area (Å²) >= 11 is 3.42. The van der Waals surface area contributed by atoms with Gasteiger partial charge in [-0.15, -0.1) is 6.58 Å². The fourth-order valence-electron chi connectivity index (χ4n) is 2.58. The maximum Gasteiger partial charge on any atom is 0.0974 e. The molecule has 2 nitrogen and oxygen atoms in total. The van der Waals surface area contributed by atoms with Crippen LogP contribution in [0.15, 0.2) is 64.7 Å². The molecule has 0 aliphatic rings. The number of aliphatic hydroxyl groups excluding tert-OH is 1. The third-order valence-corrected chi connectivity index (χ3v) is 4.66. The molecule has 0 fully saturated rings. The van der Waals surface area contributed by atoms with Crippen LogP contribution in [0.3, 0.4) is 0 Å². The Morgan fingerprint density at radius 3 is 2.52 bits per heavy atom. The maximum atomic E-state index is 10.3. The van der Waals surface area contributed by atoms with Crippen LogP contribution in [0, 0.1) is 0 Å². The molecule has 0 saturated carbocycles. The average Bonchev–Trinajstić information content (AvgIpc) is 2.58. The molecule has 0 heterocycles. The third kappa shape index (κ3) is 10.4. The number of halogens is 1. The van der Waals surface area contributed by atoms with Crippen molar-refractivity contribution in [1.82, 2.24) is 5.32 Å². The van der Waals surface area contributed by atoms with Crippen LogP contribution < -0.4 is 5.32 Å². The normalized spacial score (nSPS) is 13.8. The second kappa shape index (κ2) is 13.1. The van der Waals surface area contributed by atoms with Gasteiger partial charge in [0.15, 0.2) is 0 Å². The largest absolute Gasteiger partial charge is 0.384 e. The molecule has 1 atom stereocenters. The predicted octanol–water partition coefficient (Wildman–Crippen LogP) is 6.10. The first kappa shape index (κ1) is 21.9. The van der Waals surface area contributed by atoms with E-state index in [1.807, 2.05) is 36.4 Å². The molecule has 0 spiro atoms. The fraction of sp³-hybridized carbons (Fsp3) is 0.455. The molecule has 0 saturated heterocycles. The molecule has 0 bridgehead atoms. The SMILES string of the molecule is C=CCCNCCCC(C)=CCCC(C)=CC(O)c1ccc(Br)cc1. The van der Waals surface area contributed by atoms with Crippen molar-refractivity contribution in [3.63, 3.8) is 0 Å². The van der Waals surface area contributed by atoms with Crippen molar-refractivity contribution in [3.8, 4) is 0 Å². The van der Waals surface area contributed by atoms with Crippen LogP contribution in [-0.4, -0.2) is 18.2 Å². The summed E-state index contributed by atoms with van der Waals surface area (Å²) in [7, 11) is 0. The summed E-state index contributed by atoms with van der Waals surface area (Å²) in [6.45, 7) is 10.1. The number of nitrogens with one attached hydrogen (secondary N) is 1. The molecule has 1 rings (SSSR count). The van der Waals surface area contributed by atoms with Crippen molar-refractivity contribution in [3.05, 3.63) is 70.3 Å². The van der Waals surface area contributed by atoms with E-state index in [-0.39, 0.29) is 0 Å². The van der Waals surface area contributed by atoms with Crippen LogP contribution in [0.4, 0.5) is 0 Å². The minimum Gasteiger partial charge on any atom is -0.384 e. The summed E-state index contributed by atoms with van der Waals surface area (Å²) in [5.41, 5.74) is 3.61. The number of hydrogen-bond donors (Lipinski definition) is 2. The lowest BCUT2D eigenvalue weighted by molar-refractivity contribution is 0.227. The zero-order valence-electron chi connectivity index (χ0n) is 15.6. The Morgan fingerprint density at radius 2 is 1.84 bits per heavy atom. The predicted molar refractivity (Wildman–Crippen MR) is 113 cm³/mol. The highest BCUT2D eigenvalue weighted by atomic mass is 79.9. The first-order chi connectivity index (χ1) is 12.0. The molecule has 0 aromatic heterocycles. The fourth-order valence-corrected chi connectivity index (χ4v) is 2.84. The van der Waals surface area contributed by atoms with E-state index in [1.165, 1.54) is 17.6 Å². The zero-order valence-corrected chi connectivity index (χ0v) is 17.2. The molecule has 3 heteroatoms. The van der Waals surface area contributed by atoms with E-state index in [0.717, 1.165) is 48.8 Å². The van der Waals surface area contributed by atoms with E-state index >= 15 is 0 Å². The second-order valence-electron chi connectivity index (χ2n) is 6.53. The van der Waals surface area contributed by atoms with Gasteiger partial charge in [0, 0.05) is 4.47 Å². The van der Waals surface area contributed by atoms with Crippen LogP contribution in [0.2, 0.25) is 0 Å². The van der Waals surface area contributed by atoms with Crippen LogP contribution in [0.25, 0.3) is 0 Å².